The minimum Gasteiger partial charge on any atom is -0.466 e. The van der Waals surface area contributed by atoms with Gasteiger partial charge in [-0.2, -0.15) is 0 Å². The number of nitrogens with zero attached hydrogens (tertiary/aromatic N) is 2. The monoisotopic (exact) mass is 409 g/mol. The highest BCUT2D eigenvalue weighted by molar-refractivity contribution is 7.14. The summed E-state index contributed by atoms with van der Waals surface area (Å²) < 4.78 is 5.55. The first-order valence-corrected chi connectivity index (χ1v) is 10.6. The van der Waals surface area contributed by atoms with Gasteiger partial charge in [-0.1, -0.05) is 30.3 Å². The Hall–Kier alpha value is -2.77. The molecule has 0 aliphatic rings. The van der Waals surface area contributed by atoms with Crippen LogP contribution in [0.2, 0.25) is 0 Å². The van der Waals surface area contributed by atoms with Gasteiger partial charge < -0.3 is 9.73 Å². The van der Waals surface area contributed by atoms with E-state index in [-0.39, 0.29) is 12.3 Å². The van der Waals surface area contributed by atoms with Crippen LogP contribution in [-0.2, 0) is 17.6 Å². The van der Waals surface area contributed by atoms with E-state index in [1.165, 1.54) is 16.9 Å². The number of aromatic nitrogens is 2. The van der Waals surface area contributed by atoms with Crippen molar-refractivity contribution in [2.45, 2.75) is 26.7 Å². The van der Waals surface area contributed by atoms with Gasteiger partial charge in [-0.25, -0.2) is 9.97 Å². The molecule has 3 aromatic heterocycles. The zero-order valence-corrected chi connectivity index (χ0v) is 17.2. The molecule has 1 amide bonds. The Balaban J connectivity index is 1.37. The van der Waals surface area contributed by atoms with Crippen LogP contribution < -0.4 is 5.32 Å². The molecule has 142 valence electrons. The van der Waals surface area contributed by atoms with E-state index < -0.39 is 0 Å². The summed E-state index contributed by atoms with van der Waals surface area (Å²) in [7, 11) is 0. The lowest BCUT2D eigenvalue weighted by atomic mass is 10.2. The van der Waals surface area contributed by atoms with E-state index in [0.29, 0.717) is 5.13 Å². The minimum absolute atomic E-state index is 0.113. The molecule has 0 fully saturated rings. The van der Waals surface area contributed by atoms with E-state index in [9.17, 15) is 4.79 Å². The summed E-state index contributed by atoms with van der Waals surface area (Å²) in [6, 6.07) is 12.2. The highest BCUT2D eigenvalue weighted by atomic mass is 32.1. The van der Waals surface area contributed by atoms with Crippen LogP contribution in [0.4, 0.5) is 5.13 Å². The summed E-state index contributed by atoms with van der Waals surface area (Å²) in [5, 5.41) is 8.33. The third-order valence-electron chi connectivity index (χ3n) is 4.21. The van der Waals surface area contributed by atoms with E-state index in [1.54, 1.807) is 11.3 Å². The van der Waals surface area contributed by atoms with Crippen molar-refractivity contribution in [1.29, 1.82) is 0 Å². The summed E-state index contributed by atoms with van der Waals surface area (Å²) in [4.78, 5) is 21.5. The molecule has 0 unspecified atom stereocenters. The number of nitrogens with one attached hydrogen (secondary N) is 1. The first-order valence-electron chi connectivity index (χ1n) is 8.87. The number of thiazole rings is 2. The van der Waals surface area contributed by atoms with E-state index in [0.717, 1.165) is 39.9 Å². The van der Waals surface area contributed by atoms with Crippen LogP contribution in [0, 0.1) is 13.8 Å². The smallest absolute Gasteiger partial charge is 0.232 e. The predicted octanol–water partition coefficient (Wildman–Crippen LogP) is 5.25. The molecule has 4 rings (SSSR count). The van der Waals surface area contributed by atoms with Crippen molar-refractivity contribution < 1.29 is 9.21 Å². The number of aryl methyl sites for hydroxylation is 2. The molecule has 0 spiro atoms. The average molecular weight is 410 g/mol. The summed E-state index contributed by atoms with van der Waals surface area (Å²) >= 11 is 2.99. The number of furan rings is 1. The lowest BCUT2D eigenvalue weighted by Crippen LogP contribution is -2.14. The third kappa shape index (κ3) is 4.37. The third-order valence-corrected chi connectivity index (χ3v) is 5.86. The number of hydrogen-bond donors (Lipinski definition) is 1. The highest BCUT2D eigenvalue weighted by Crippen LogP contribution is 2.29. The Morgan fingerprint density at radius 2 is 1.93 bits per heavy atom. The molecule has 0 aliphatic carbocycles. The van der Waals surface area contributed by atoms with Gasteiger partial charge in [-0.15, -0.1) is 22.7 Å². The predicted molar refractivity (Wildman–Crippen MR) is 113 cm³/mol. The number of anilines is 1. The molecule has 5 nitrogen and oxygen atoms in total. The molecule has 0 atom stereocenters. The van der Waals surface area contributed by atoms with E-state index >= 15 is 0 Å². The summed E-state index contributed by atoms with van der Waals surface area (Å²) in [6.45, 7) is 3.82. The fourth-order valence-corrected chi connectivity index (χ4v) is 4.50. The van der Waals surface area contributed by atoms with Gasteiger partial charge in [-0.05, 0) is 25.5 Å². The summed E-state index contributed by atoms with van der Waals surface area (Å²) in [5.41, 5.74) is 3.77. The maximum absolute atomic E-state index is 12.4. The number of rotatable bonds is 6. The van der Waals surface area contributed by atoms with Crippen molar-refractivity contribution in [3.05, 3.63) is 74.9 Å². The maximum Gasteiger partial charge on any atom is 0.232 e. The molecule has 1 aromatic carbocycles. The minimum atomic E-state index is -0.113. The van der Waals surface area contributed by atoms with Crippen molar-refractivity contribution in [3.63, 3.8) is 0 Å². The standard InChI is InChI=1S/C21H19N3O2S2/c1-13-8-17(14(2)26-13)18-12-28-21(23-18)24-19(25)10-16-11-27-20(22-16)9-15-6-4-3-5-7-15/h3-8,11-12H,9-10H2,1-2H3,(H,23,24,25). The fraction of sp³-hybridized carbons (Fsp3) is 0.190. The second kappa shape index (κ2) is 8.08. The van der Waals surface area contributed by atoms with Gasteiger partial charge in [0.05, 0.1) is 22.8 Å². The Bertz CT molecular complexity index is 1100. The molecule has 7 heteroatoms. The fourth-order valence-electron chi connectivity index (χ4n) is 2.95. The van der Waals surface area contributed by atoms with Crippen LogP contribution >= 0.6 is 22.7 Å². The number of carbonyl (C=O) groups is 1. The van der Waals surface area contributed by atoms with Crippen LogP contribution in [0.25, 0.3) is 11.3 Å². The molecule has 0 radical (unpaired) electrons. The number of carbonyl (C=O) groups excluding carboxylic acids is 1. The Morgan fingerprint density at radius 3 is 2.68 bits per heavy atom. The van der Waals surface area contributed by atoms with Crippen molar-refractivity contribution in [3.8, 4) is 11.3 Å². The van der Waals surface area contributed by atoms with Gasteiger partial charge in [0.2, 0.25) is 5.91 Å². The van der Waals surface area contributed by atoms with E-state index in [2.05, 4.69) is 27.4 Å². The number of amides is 1. The van der Waals surface area contributed by atoms with Gasteiger partial charge in [0.1, 0.15) is 11.5 Å². The Kier molecular flexibility index (Phi) is 5.36. The average Bonchev–Trinajstić information content (AvgIpc) is 3.37. The molecule has 0 saturated heterocycles. The van der Waals surface area contributed by atoms with Crippen LogP contribution in [0.3, 0.4) is 0 Å². The van der Waals surface area contributed by atoms with Crippen LogP contribution in [0.5, 0.6) is 0 Å². The lowest BCUT2D eigenvalue weighted by molar-refractivity contribution is -0.115. The normalized spacial score (nSPS) is 10.9. The number of hydrogen-bond acceptors (Lipinski definition) is 6. The Morgan fingerprint density at radius 1 is 1.11 bits per heavy atom. The summed E-state index contributed by atoms with van der Waals surface area (Å²) in [6.07, 6.45) is 1.02. The van der Waals surface area contributed by atoms with Crippen molar-refractivity contribution in [1.82, 2.24) is 9.97 Å². The first kappa shape index (κ1) is 18.6. The van der Waals surface area contributed by atoms with Crippen LogP contribution in [-0.4, -0.2) is 15.9 Å². The lowest BCUT2D eigenvalue weighted by Gasteiger charge is -1.99. The molecule has 0 bridgehead atoms. The molecular formula is C21H19N3O2S2. The molecule has 0 aliphatic heterocycles. The SMILES string of the molecule is Cc1cc(-c2csc(NC(=O)Cc3csc(Cc4ccccc4)n3)n2)c(C)o1. The van der Waals surface area contributed by atoms with Crippen LogP contribution in [0.1, 0.15) is 27.8 Å². The van der Waals surface area contributed by atoms with Gasteiger partial charge in [-0.3, -0.25) is 4.79 Å². The quantitative estimate of drug-likeness (QED) is 0.472. The maximum atomic E-state index is 12.4. The summed E-state index contributed by atoms with van der Waals surface area (Å²) in [5.74, 6) is 1.56. The second-order valence-corrected chi connectivity index (χ2v) is 8.29. The zero-order valence-electron chi connectivity index (χ0n) is 15.6. The molecule has 0 saturated carbocycles. The molecular weight excluding hydrogens is 390 g/mol. The highest BCUT2D eigenvalue weighted by Gasteiger charge is 2.14. The van der Waals surface area contributed by atoms with Gasteiger partial charge >= 0.3 is 0 Å². The Labute approximate surface area is 171 Å². The first-order chi connectivity index (χ1) is 13.6. The molecule has 4 aromatic rings. The van der Waals surface area contributed by atoms with Crippen molar-refractivity contribution >= 4 is 33.7 Å². The number of benzene rings is 1. The van der Waals surface area contributed by atoms with Gasteiger partial charge in [0.25, 0.3) is 0 Å². The van der Waals surface area contributed by atoms with E-state index in [4.69, 9.17) is 4.42 Å². The van der Waals surface area contributed by atoms with Gasteiger partial charge in [0, 0.05) is 22.7 Å². The topological polar surface area (TPSA) is 68.0 Å². The van der Waals surface area contributed by atoms with Gasteiger partial charge in [0.15, 0.2) is 5.13 Å². The van der Waals surface area contributed by atoms with E-state index in [1.807, 2.05) is 48.9 Å². The van der Waals surface area contributed by atoms with Crippen molar-refractivity contribution in [2.75, 3.05) is 5.32 Å². The zero-order chi connectivity index (χ0) is 19.5. The largest absolute Gasteiger partial charge is 0.466 e. The molecule has 3 heterocycles. The van der Waals surface area contributed by atoms with Crippen LogP contribution in [0.15, 0.2) is 51.6 Å². The van der Waals surface area contributed by atoms with Crippen molar-refractivity contribution in [2.24, 2.45) is 0 Å². The molecule has 1 N–H and O–H groups in total. The second-order valence-electron chi connectivity index (χ2n) is 6.48. The molecule has 28 heavy (non-hydrogen) atoms.